The summed E-state index contributed by atoms with van der Waals surface area (Å²) >= 11 is 0. The molecule has 0 fully saturated rings. The Bertz CT molecular complexity index is 2340. The number of aryl methyl sites for hydroxylation is 4. The number of phenolic OH excluding ortho intramolecular Hbond substituents is 1. The molecule has 6 aromatic rings. The first-order valence-electron chi connectivity index (χ1n) is 18.7. The lowest BCUT2D eigenvalue weighted by Crippen LogP contribution is -2.33. The third-order valence-electron chi connectivity index (χ3n) is 9.97. The molecule has 3 aromatic carbocycles. The van der Waals surface area contributed by atoms with Crippen molar-refractivity contribution in [3.63, 3.8) is 0 Å². The van der Waals surface area contributed by atoms with Crippen molar-refractivity contribution in [2.24, 2.45) is 7.05 Å². The maximum absolute atomic E-state index is 12.9. The van der Waals surface area contributed by atoms with Gasteiger partial charge in [0.1, 0.15) is 17.1 Å². The van der Waals surface area contributed by atoms with Gasteiger partial charge in [-0.15, -0.1) is 0 Å². The number of fused-ring (bicyclic) bond motifs is 3. The average Bonchev–Trinajstić information content (AvgIpc) is 3.88. The van der Waals surface area contributed by atoms with Crippen molar-refractivity contribution in [1.82, 2.24) is 29.7 Å². The summed E-state index contributed by atoms with van der Waals surface area (Å²) in [5.41, 5.74) is 8.36. The number of Topliss-reactive ketones (excluding diaryl/α,β-unsaturated/α-hetero) is 1. The quantitative estimate of drug-likeness (QED) is 0.0860. The number of alkyl carbamates (subject to hydrolysis) is 1. The second-order valence-corrected chi connectivity index (χ2v) is 15.3. The number of amides is 2. The SMILES string of the molecule is Cn1cnc(Cn2cc(CCC(=O)CCCNC(=O)OC(C)(C)C)c3ccc(CCCc4[nH]c5ccccc5c4C4NC(=O)c5ccc(O)cc54)cc32)c1. The molecule has 1 aliphatic heterocycles. The number of phenols is 1. The molecule has 1 atom stereocenters. The first-order chi connectivity index (χ1) is 25.9. The summed E-state index contributed by atoms with van der Waals surface area (Å²) in [6.45, 7) is 6.47. The van der Waals surface area contributed by atoms with Crippen molar-refractivity contribution in [3.05, 3.63) is 119 Å². The van der Waals surface area contributed by atoms with E-state index in [1.54, 1.807) is 24.5 Å². The Kier molecular flexibility index (Phi) is 10.3. The van der Waals surface area contributed by atoms with Crippen molar-refractivity contribution >= 4 is 39.6 Å². The standard InChI is InChI=1S/C43H48N6O5/c1-43(2,3)54-42(53)44-20-8-10-30(50)16-15-28-23-49(25-29-24-48(4)26-45-29)38-21-27(14-18-32(28)38)9-7-13-37-39(34-11-5-6-12-36(34)46-37)40-35-22-31(51)17-19-33(35)41(52)47-40/h5-6,11-12,14,17-19,21-24,26,40,46,51H,7-10,13,15-16,20,25H2,1-4H3,(H,44,53)(H,47,52). The monoisotopic (exact) mass is 728 g/mol. The maximum Gasteiger partial charge on any atom is 0.407 e. The molecule has 4 N–H and O–H groups in total. The fourth-order valence-electron chi connectivity index (χ4n) is 7.54. The molecule has 0 bridgehead atoms. The van der Waals surface area contributed by atoms with Crippen LogP contribution in [-0.2, 0) is 42.4 Å². The van der Waals surface area contributed by atoms with Gasteiger partial charge in [-0.1, -0.05) is 30.3 Å². The number of hydrogen-bond donors (Lipinski definition) is 4. The van der Waals surface area contributed by atoms with Gasteiger partial charge in [0.15, 0.2) is 0 Å². The van der Waals surface area contributed by atoms with E-state index >= 15 is 0 Å². The minimum Gasteiger partial charge on any atom is -0.508 e. The number of carbonyl (C=O) groups excluding carboxylic acids is 3. The van der Waals surface area contributed by atoms with Crippen LogP contribution in [0.5, 0.6) is 5.75 Å². The Morgan fingerprint density at radius 1 is 0.963 bits per heavy atom. The molecule has 0 aliphatic carbocycles. The van der Waals surface area contributed by atoms with Crippen molar-refractivity contribution in [2.45, 2.75) is 83.9 Å². The van der Waals surface area contributed by atoms with Gasteiger partial charge in [-0.3, -0.25) is 9.59 Å². The molecule has 11 nitrogen and oxygen atoms in total. The molecule has 7 rings (SSSR count). The Balaban J connectivity index is 1.05. The van der Waals surface area contributed by atoms with Crippen LogP contribution in [0.1, 0.15) is 96.5 Å². The number of aromatic nitrogens is 4. The van der Waals surface area contributed by atoms with Crippen molar-refractivity contribution in [2.75, 3.05) is 6.54 Å². The summed E-state index contributed by atoms with van der Waals surface area (Å²) in [5.74, 6) is 0.167. The second-order valence-electron chi connectivity index (χ2n) is 15.3. The highest BCUT2D eigenvalue weighted by molar-refractivity contribution is 6.01. The van der Waals surface area contributed by atoms with Crippen molar-refractivity contribution < 1.29 is 24.2 Å². The van der Waals surface area contributed by atoms with Gasteiger partial charge in [0.25, 0.3) is 5.91 Å². The molecule has 3 aromatic heterocycles. The third kappa shape index (κ3) is 8.20. The van der Waals surface area contributed by atoms with Gasteiger partial charge in [-0.05, 0) is 99.9 Å². The summed E-state index contributed by atoms with van der Waals surface area (Å²) in [6, 6.07) is 19.4. The zero-order valence-corrected chi connectivity index (χ0v) is 31.4. The maximum atomic E-state index is 12.9. The Morgan fingerprint density at radius 3 is 2.59 bits per heavy atom. The van der Waals surface area contributed by atoms with Gasteiger partial charge >= 0.3 is 6.09 Å². The van der Waals surface area contributed by atoms with Gasteiger partial charge in [0.2, 0.25) is 0 Å². The van der Waals surface area contributed by atoms with E-state index in [1.165, 1.54) is 5.56 Å². The number of carbonyl (C=O) groups is 3. The summed E-state index contributed by atoms with van der Waals surface area (Å²) in [7, 11) is 1.96. The number of imidazole rings is 1. The van der Waals surface area contributed by atoms with Crippen LogP contribution in [-0.4, -0.2) is 54.1 Å². The van der Waals surface area contributed by atoms with Crippen LogP contribution in [0.25, 0.3) is 21.8 Å². The van der Waals surface area contributed by atoms with Crippen LogP contribution in [0.3, 0.4) is 0 Å². The molecule has 11 heteroatoms. The number of nitrogens with zero attached hydrogens (tertiary/aromatic N) is 3. The van der Waals surface area contributed by atoms with E-state index in [-0.39, 0.29) is 23.5 Å². The van der Waals surface area contributed by atoms with Gasteiger partial charge in [0.05, 0.1) is 24.6 Å². The highest BCUT2D eigenvalue weighted by Crippen LogP contribution is 2.39. The number of ether oxygens (including phenoxy) is 1. The second kappa shape index (κ2) is 15.3. The molecule has 280 valence electrons. The number of benzene rings is 3. The number of aromatic amines is 1. The van der Waals surface area contributed by atoms with E-state index < -0.39 is 11.7 Å². The number of H-pyrrole nitrogens is 1. The lowest BCUT2D eigenvalue weighted by atomic mass is 9.94. The fourth-order valence-corrected chi connectivity index (χ4v) is 7.54. The average molecular weight is 729 g/mol. The van der Waals surface area contributed by atoms with Crippen LogP contribution < -0.4 is 10.6 Å². The lowest BCUT2D eigenvalue weighted by molar-refractivity contribution is -0.119. The van der Waals surface area contributed by atoms with Crippen LogP contribution >= 0.6 is 0 Å². The van der Waals surface area contributed by atoms with Gasteiger partial charge in [-0.25, -0.2) is 9.78 Å². The van der Waals surface area contributed by atoms with Crippen LogP contribution in [0.15, 0.2) is 79.4 Å². The van der Waals surface area contributed by atoms with E-state index in [9.17, 15) is 19.5 Å². The molecule has 54 heavy (non-hydrogen) atoms. The predicted molar refractivity (Wildman–Crippen MR) is 209 cm³/mol. The molecular formula is C43H48N6O5. The molecule has 2 amide bonds. The molecular weight excluding hydrogens is 681 g/mol. The topological polar surface area (TPSA) is 143 Å². The molecule has 4 heterocycles. The van der Waals surface area contributed by atoms with E-state index in [0.717, 1.165) is 69.1 Å². The number of ketones is 1. The zero-order chi connectivity index (χ0) is 38.0. The molecule has 0 spiro atoms. The Labute approximate surface area is 314 Å². The first-order valence-corrected chi connectivity index (χ1v) is 18.7. The number of hydrogen-bond acceptors (Lipinski definition) is 6. The molecule has 0 saturated heterocycles. The Morgan fingerprint density at radius 2 is 1.80 bits per heavy atom. The van der Waals surface area contributed by atoms with Crippen molar-refractivity contribution in [1.29, 1.82) is 0 Å². The number of rotatable bonds is 14. The number of para-hydroxylation sites is 1. The first kappa shape index (κ1) is 36.5. The minimum absolute atomic E-state index is 0.135. The van der Waals surface area contributed by atoms with Crippen LogP contribution in [0.2, 0.25) is 0 Å². The number of nitrogens with one attached hydrogen (secondary N) is 3. The summed E-state index contributed by atoms with van der Waals surface area (Å²) in [5, 5.41) is 18.4. The molecule has 0 radical (unpaired) electrons. The van der Waals surface area contributed by atoms with Crippen LogP contribution in [0.4, 0.5) is 4.79 Å². The molecule has 1 aliphatic rings. The summed E-state index contributed by atoms with van der Waals surface area (Å²) in [6.07, 6.45) is 10.0. The van der Waals surface area contributed by atoms with Gasteiger partial charge in [-0.2, -0.15) is 0 Å². The highest BCUT2D eigenvalue weighted by atomic mass is 16.6. The third-order valence-corrected chi connectivity index (χ3v) is 9.97. The van der Waals surface area contributed by atoms with Gasteiger partial charge in [0, 0.05) is 77.5 Å². The van der Waals surface area contributed by atoms with E-state index in [4.69, 9.17) is 4.74 Å². The van der Waals surface area contributed by atoms with E-state index in [0.29, 0.717) is 44.3 Å². The predicted octanol–water partition coefficient (Wildman–Crippen LogP) is 7.42. The number of aromatic hydroxyl groups is 1. The molecule has 0 saturated carbocycles. The zero-order valence-electron chi connectivity index (χ0n) is 31.4. The van der Waals surface area contributed by atoms with Crippen LogP contribution in [0, 0.1) is 0 Å². The minimum atomic E-state index is -0.560. The highest BCUT2D eigenvalue weighted by Gasteiger charge is 2.33. The molecule has 1 unspecified atom stereocenters. The summed E-state index contributed by atoms with van der Waals surface area (Å²) < 4.78 is 9.45. The normalized spacial score (nSPS) is 14.1. The van der Waals surface area contributed by atoms with Crippen molar-refractivity contribution in [3.8, 4) is 5.75 Å². The van der Waals surface area contributed by atoms with E-state index in [1.807, 2.05) is 50.7 Å². The van der Waals surface area contributed by atoms with Gasteiger partial charge < -0.3 is 34.6 Å². The largest absolute Gasteiger partial charge is 0.508 e. The fraction of sp³-hybridized carbons (Fsp3) is 0.349. The van der Waals surface area contributed by atoms with E-state index in [2.05, 4.69) is 61.7 Å². The summed E-state index contributed by atoms with van der Waals surface area (Å²) in [4.78, 5) is 45.9. The smallest absolute Gasteiger partial charge is 0.407 e. The lowest BCUT2D eigenvalue weighted by Gasteiger charge is -2.19. The Hall–Kier alpha value is -5.84.